The van der Waals surface area contributed by atoms with Crippen LogP contribution in [0, 0.1) is 11.8 Å². The third kappa shape index (κ3) is 7.28. The molecule has 114 valence electrons. The first-order chi connectivity index (χ1) is 9.15. The molecule has 19 heavy (non-hydrogen) atoms. The topological polar surface area (TPSA) is 18.5 Å². The summed E-state index contributed by atoms with van der Waals surface area (Å²) in [5, 5.41) is 3.47. The molecule has 0 spiro atoms. The van der Waals surface area contributed by atoms with E-state index in [1.807, 2.05) is 0 Å². The molecule has 1 fully saturated rings. The van der Waals surface area contributed by atoms with Crippen LogP contribution in [-0.4, -0.2) is 62.2 Å². The van der Waals surface area contributed by atoms with Gasteiger partial charge in [-0.25, -0.2) is 0 Å². The van der Waals surface area contributed by atoms with E-state index in [0.29, 0.717) is 0 Å². The van der Waals surface area contributed by atoms with Crippen molar-refractivity contribution in [3.8, 4) is 0 Å². The summed E-state index contributed by atoms with van der Waals surface area (Å²) in [5.41, 5.74) is 0. The summed E-state index contributed by atoms with van der Waals surface area (Å²) < 4.78 is 0. The average molecular weight is 269 g/mol. The summed E-state index contributed by atoms with van der Waals surface area (Å²) in [7, 11) is 0. The highest BCUT2D eigenvalue weighted by atomic mass is 15.2. The summed E-state index contributed by atoms with van der Waals surface area (Å²) in [6.45, 7) is 19.0. The van der Waals surface area contributed by atoms with Crippen molar-refractivity contribution in [1.82, 2.24) is 15.1 Å². The SMILES string of the molecule is CCN(CC)CCN(CC(C)C)CC1CCNCC1. The largest absolute Gasteiger partial charge is 0.317 e. The standard InChI is InChI=1S/C16H35N3/c1-5-18(6-2)11-12-19(13-15(3)4)14-16-7-9-17-10-8-16/h15-17H,5-14H2,1-4H3. The lowest BCUT2D eigenvalue weighted by Crippen LogP contribution is -2.41. The average Bonchev–Trinajstić information content (AvgIpc) is 2.40. The van der Waals surface area contributed by atoms with Crippen molar-refractivity contribution in [3.63, 3.8) is 0 Å². The Bertz CT molecular complexity index is 208. The van der Waals surface area contributed by atoms with Crippen LogP contribution in [0.3, 0.4) is 0 Å². The van der Waals surface area contributed by atoms with Gasteiger partial charge in [-0.05, 0) is 50.9 Å². The highest BCUT2D eigenvalue weighted by molar-refractivity contribution is 4.74. The predicted molar refractivity (Wildman–Crippen MR) is 84.7 cm³/mol. The number of rotatable bonds is 9. The molecule has 0 radical (unpaired) electrons. The minimum atomic E-state index is 0.776. The first-order valence-corrected chi connectivity index (χ1v) is 8.31. The molecule has 1 heterocycles. The lowest BCUT2D eigenvalue weighted by Gasteiger charge is -2.32. The molecule has 1 saturated heterocycles. The van der Waals surface area contributed by atoms with Gasteiger partial charge in [0.15, 0.2) is 0 Å². The zero-order chi connectivity index (χ0) is 14.1. The molecular formula is C16H35N3. The Balaban J connectivity index is 2.36. The first kappa shape index (κ1) is 16.9. The van der Waals surface area contributed by atoms with Crippen LogP contribution in [0.4, 0.5) is 0 Å². The smallest absolute Gasteiger partial charge is 0.0110 e. The summed E-state index contributed by atoms with van der Waals surface area (Å²) in [6, 6.07) is 0. The zero-order valence-corrected chi connectivity index (χ0v) is 13.6. The van der Waals surface area contributed by atoms with Crippen molar-refractivity contribution in [2.75, 3.05) is 52.4 Å². The lowest BCUT2D eigenvalue weighted by atomic mass is 9.97. The Morgan fingerprint density at radius 3 is 2.11 bits per heavy atom. The van der Waals surface area contributed by atoms with Gasteiger partial charge in [0.2, 0.25) is 0 Å². The molecule has 0 unspecified atom stereocenters. The van der Waals surface area contributed by atoms with Crippen molar-refractivity contribution >= 4 is 0 Å². The van der Waals surface area contributed by atoms with Crippen LogP contribution in [-0.2, 0) is 0 Å². The molecule has 1 rings (SSSR count). The van der Waals surface area contributed by atoms with Crippen LogP contribution in [0.25, 0.3) is 0 Å². The van der Waals surface area contributed by atoms with Crippen molar-refractivity contribution in [3.05, 3.63) is 0 Å². The van der Waals surface area contributed by atoms with Crippen LogP contribution in [0.5, 0.6) is 0 Å². The molecule has 1 aliphatic rings. The zero-order valence-electron chi connectivity index (χ0n) is 13.6. The Labute approximate surface area is 120 Å². The van der Waals surface area contributed by atoms with Gasteiger partial charge in [0.1, 0.15) is 0 Å². The van der Waals surface area contributed by atoms with Gasteiger partial charge in [-0.2, -0.15) is 0 Å². The van der Waals surface area contributed by atoms with Crippen LogP contribution < -0.4 is 5.32 Å². The van der Waals surface area contributed by atoms with Gasteiger partial charge >= 0.3 is 0 Å². The third-order valence-electron chi connectivity index (χ3n) is 4.23. The molecule has 0 atom stereocenters. The Morgan fingerprint density at radius 1 is 1.00 bits per heavy atom. The van der Waals surface area contributed by atoms with Crippen molar-refractivity contribution < 1.29 is 0 Å². The number of nitrogens with zero attached hydrogens (tertiary/aromatic N) is 2. The summed E-state index contributed by atoms with van der Waals surface area (Å²) >= 11 is 0. The van der Waals surface area contributed by atoms with Crippen LogP contribution in [0.15, 0.2) is 0 Å². The van der Waals surface area contributed by atoms with Gasteiger partial charge in [0, 0.05) is 26.2 Å². The Morgan fingerprint density at radius 2 is 1.58 bits per heavy atom. The molecule has 0 aromatic rings. The fraction of sp³-hybridized carbons (Fsp3) is 1.00. The molecule has 0 aliphatic carbocycles. The molecule has 0 amide bonds. The minimum Gasteiger partial charge on any atom is -0.317 e. The number of hydrogen-bond acceptors (Lipinski definition) is 3. The number of nitrogens with one attached hydrogen (secondary N) is 1. The van der Waals surface area contributed by atoms with Crippen molar-refractivity contribution in [2.45, 2.75) is 40.5 Å². The predicted octanol–water partition coefficient (Wildman–Crippen LogP) is 2.29. The highest BCUT2D eigenvalue weighted by Crippen LogP contribution is 2.14. The van der Waals surface area contributed by atoms with Crippen LogP contribution in [0.1, 0.15) is 40.5 Å². The van der Waals surface area contributed by atoms with Gasteiger partial charge in [0.05, 0.1) is 0 Å². The molecule has 3 nitrogen and oxygen atoms in total. The van der Waals surface area contributed by atoms with E-state index >= 15 is 0 Å². The highest BCUT2D eigenvalue weighted by Gasteiger charge is 2.18. The van der Waals surface area contributed by atoms with Crippen molar-refractivity contribution in [1.29, 1.82) is 0 Å². The van der Waals surface area contributed by atoms with Gasteiger partial charge in [-0.1, -0.05) is 27.7 Å². The van der Waals surface area contributed by atoms with Gasteiger partial charge < -0.3 is 15.1 Å². The van der Waals surface area contributed by atoms with E-state index in [0.717, 1.165) is 11.8 Å². The van der Waals surface area contributed by atoms with E-state index in [2.05, 4.69) is 42.8 Å². The molecule has 0 saturated carbocycles. The van der Waals surface area contributed by atoms with E-state index in [1.54, 1.807) is 0 Å². The number of piperidine rings is 1. The van der Waals surface area contributed by atoms with E-state index in [9.17, 15) is 0 Å². The molecule has 1 aliphatic heterocycles. The monoisotopic (exact) mass is 269 g/mol. The van der Waals surface area contributed by atoms with E-state index in [1.165, 1.54) is 65.2 Å². The normalized spacial score (nSPS) is 17.8. The maximum Gasteiger partial charge on any atom is 0.0110 e. The van der Waals surface area contributed by atoms with E-state index < -0.39 is 0 Å². The Hall–Kier alpha value is -0.120. The maximum absolute atomic E-state index is 3.47. The second-order valence-electron chi connectivity index (χ2n) is 6.37. The molecule has 1 N–H and O–H groups in total. The van der Waals surface area contributed by atoms with Gasteiger partial charge in [0.25, 0.3) is 0 Å². The first-order valence-electron chi connectivity index (χ1n) is 8.31. The number of hydrogen-bond donors (Lipinski definition) is 1. The van der Waals surface area contributed by atoms with E-state index in [4.69, 9.17) is 0 Å². The third-order valence-corrected chi connectivity index (χ3v) is 4.23. The van der Waals surface area contributed by atoms with Crippen LogP contribution >= 0.6 is 0 Å². The lowest BCUT2D eigenvalue weighted by molar-refractivity contribution is 0.162. The fourth-order valence-corrected chi connectivity index (χ4v) is 3.03. The molecular weight excluding hydrogens is 234 g/mol. The molecule has 0 bridgehead atoms. The summed E-state index contributed by atoms with van der Waals surface area (Å²) in [5.74, 6) is 1.69. The quantitative estimate of drug-likeness (QED) is 0.693. The van der Waals surface area contributed by atoms with Gasteiger partial charge in [-0.15, -0.1) is 0 Å². The fourth-order valence-electron chi connectivity index (χ4n) is 3.03. The molecule has 3 heteroatoms. The Kier molecular flexibility index (Phi) is 8.67. The van der Waals surface area contributed by atoms with E-state index in [-0.39, 0.29) is 0 Å². The molecule has 0 aromatic heterocycles. The summed E-state index contributed by atoms with van der Waals surface area (Å²) in [6.07, 6.45) is 2.72. The molecule has 0 aromatic carbocycles. The summed E-state index contributed by atoms with van der Waals surface area (Å²) in [4.78, 5) is 5.24. The van der Waals surface area contributed by atoms with Crippen LogP contribution in [0.2, 0.25) is 0 Å². The van der Waals surface area contributed by atoms with Gasteiger partial charge in [-0.3, -0.25) is 0 Å². The second-order valence-corrected chi connectivity index (χ2v) is 6.37. The second kappa shape index (κ2) is 9.73. The van der Waals surface area contributed by atoms with Crippen molar-refractivity contribution in [2.24, 2.45) is 11.8 Å². The minimum absolute atomic E-state index is 0.776. The number of likely N-dealkylation sites (N-methyl/N-ethyl adjacent to an activating group) is 1. The maximum atomic E-state index is 3.47.